The molecular formula is C15H22N2O3. The molecule has 0 radical (unpaired) electrons. The molecule has 5 heteroatoms. The van der Waals surface area contributed by atoms with E-state index in [0.29, 0.717) is 5.69 Å². The summed E-state index contributed by atoms with van der Waals surface area (Å²) >= 11 is 0. The summed E-state index contributed by atoms with van der Waals surface area (Å²) in [7, 11) is 0. The summed E-state index contributed by atoms with van der Waals surface area (Å²) in [6.45, 7) is 7.35. The van der Waals surface area contributed by atoms with Crippen molar-refractivity contribution in [2.24, 2.45) is 5.41 Å². The lowest BCUT2D eigenvalue weighted by atomic mass is 9.87. The number of urea groups is 1. The molecule has 110 valence electrons. The van der Waals surface area contributed by atoms with Crippen molar-refractivity contribution in [2.45, 2.75) is 40.2 Å². The molecule has 5 nitrogen and oxygen atoms in total. The van der Waals surface area contributed by atoms with E-state index in [1.54, 1.807) is 32.9 Å². The minimum Gasteiger partial charge on any atom is -0.480 e. The first kappa shape index (κ1) is 16.0. The topological polar surface area (TPSA) is 78.4 Å². The second kappa shape index (κ2) is 6.41. The highest BCUT2D eigenvalue weighted by Gasteiger charge is 2.32. The molecule has 0 bridgehead atoms. The Kier molecular flexibility index (Phi) is 5.13. The summed E-state index contributed by atoms with van der Waals surface area (Å²) in [5, 5.41) is 14.3. The highest BCUT2D eigenvalue weighted by molar-refractivity contribution is 5.92. The summed E-state index contributed by atoms with van der Waals surface area (Å²) in [5.74, 6) is -1.05. The lowest BCUT2D eigenvalue weighted by Crippen LogP contribution is -2.50. The molecule has 0 saturated heterocycles. The fourth-order valence-electron chi connectivity index (χ4n) is 1.77. The highest BCUT2D eigenvalue weighted by atomic mass is 16.4. The first-order chi connectivity index (χ1) is 9.24. The first-order valence-corrected chi connectivity index (χ1v) is 6.63. The van der Waals surface area contributed by atoms with Crippen LogP contribution in [0.3, 0.4) is 0 Å². The van der Waals surface area contributed by atoms with Gasteiger partial charge in [-0.15, -0.1) is 0 Å². The van der Waals surface area contributed by atoms with Gasteiger partial charge in [-0.3, -0.25) is 0 Å². The van der Waals surface area contributed by atoms with Crippen molar-refractivity contribution in [3.63, 3.8) is 0 Å². The van der Waals surface area contributed by atoms with Crippen LogP contribution in [0.5, 0.6) is 0 Å². The second-order valence-electron chi connectivity index (χ2n) is 5.79. The van der Waals surface area contributed by atoms with Crippen LogP contribution in [0.4, 0.5) is 10.5 Å². The molecule has 1 atom stereocenters. The highest BCUT2D eigenvalue weighted by Crippen LogP contribution is 2.19. The average molecular weight is 278 g/mol. The zero-order valence-corrected chi connectivity index (χ0v) is 12.4. The Labute approximate surface area is 119 Å². The molecule has 1 unspecified atom stereocenters. The lowest BCUT2D eigenvalue weighted by molar-refractivity contribution is -0.141. The van der Waals surface area contributed by atoms with E-state index in [-0.39, 0.29) is 0 Å². The van der Waals surface area contributed by atoms with Crippen molar-refractivity contribution in [2.75, 3.05) is 5.32 Å². The molecule has 1 aromatic carbocycles. The summed E-state index contributed by atoms with van der Waals surface area (Å²) < 4.78 is 0. The van der Waals surface area contributed by atoms with Crippen molar-refractivity contribution in [3.05, 3.63) is 29.8 Å². The number of aryl methyl sites for hydroxylation is 1. The predicted molar refractivity (Wildman–Crippen MR) is 78.9 cm³/mol. The van der Waals surface area contributed by atoms with Crippen LogP contribution in [0.1, 0.15) is 33.3 Å². The minimum absolute atomic E-state index is 0.517. The maximum absolute atomic E-state index is 11.8. The Balaban J connectivity index is 2.68. The second-order valence-corrected chi connectivity index (χ2v) is 5.79. The van der Waals surface area contributed by atoms with Gasteiger partial charge in [0.15, 0.2) is 0 Å². The largest absolute Gasteiger partial charge is 0.480 e. The normalized spacial score (nSPS) is 12.6. The summed E-state index contributed by atoms with van der Waals surface area (Å²) in [4.78, 5) is 23.0. The molecule has 0 aromatic heterocycles. The van der Waals surface area contributed by atoms with Crippen LogP contribution in [0, 0.1) is 5.41 Å². The number of benzene rings is 1. The van der Waals surface area contributed by atoms with Crippen molar-refractivity contribution in [1.29, 1.82) is 0 Å². The van der Waals surface area contributed by atoms with Crippen molar-refractivity contribution in [1.82, 2.24) is 5.32 Å². The number of nitrogens with one attached hydrogen (secondary N) is 2. The number of carboxylic acid groups (broad SMARTS) is 1. The molecule has 0 fully saturated rings. The van der Waals surface area contributed by atoms with E-state index in [0.717, 1.165) is 6.42 Å². The van der Waals surface area contributed by atoms with Gasteiger partial charge in [0.05, 0.1) is 0 Å². The molecule has 1 rings (SSSR count). The van der Waals surface area contributed by atoms with Gasteiger partial charge in [-0.2, -0.15) is 0 Å². The van der Waals surface area contributed by atoms with Crippen LogP contribution in [-0.4, -0.2) is 23.1 Å². The van der Waals surface area contributed by atoms with E-state index in [2.05, 4.69) is 17.6 Å². The fraction of sp³-hybridized carbons (Fsp3) is 0.467. The van der Waals surface area contributed by atoms with Gasteiger partial charge in [0.1, 0.15) is 6.04 Å². The Morgan fingerprint density at radius 3 is 2.15 bits per heavy atom. The Hall–Kier alpha value is -2.04. The number of carbonyl (C=O) groups excluding carboxylic acids is 1. The number of carbonyl (C=O) groups is 2. The third kappa shape index (κ3) is 4.57. The van der Waals surface area contributed by atoms with Gasteiger partial charge in [-0.05, 0) is 29.5 Å². The number of amides is 2. The Morgan fingerprint density at radius 1 is 1.20 bits per heavy atom. The number of carboxylic acids is 1. The number of aliphatic carboxylic acids is 1. The van der Waals surface area contributed by atoms with Crippen LogP contribution in [0.2, 0.25) is 0 Å². The monoisotopic (exact) mass is 278 g/mol. The van der Waals surface area contributed by atoms with Gasteiger partial charge in [-0.25, -0.2) is 9.59 Å². The van der Waals surface area contributed by atoms with E-state index >= 15 is 0 Å². The smallest absolute Gasteiger partial charge is 0.326 e. The van der Waals surface area contributed by atoms with Crippen LogP contribution in [-0.2, 0) is 11.2 Å². The quantitative estimate of drug-likeness (QED) is 0.792. The first-order valence-electron chi connectivity index (χ1n) is 6.63. The maximum atomic E-state index is 11.8. The molecule has 0 heterocycles. The van der Waals surface area contributed by atoms with E-state index in [4.69, 9.17) is 5.11 Å². The van der Waals surface area contributed by atoms with E-state index in [1.165, 1.54) is 5.56 Å². The molecule has 0 aliphatic heterocycles. The third-order valence-electron chi connectivity index (χ3n) is 3.01. The van der Waals surface area contributed by atoms with Crippen molar-refractivity contribution in [3.8, 4) is 0 Å². The van der Waals surface area contributed by atoms with E-state index in [1.807, 2.05) is 12.1 Å². The maximum Gasteiger partial charge on any atom is 0.326 e. The molecule has 0 saturated carbocycles. The SMILES string of the molecule is CCc1ccc(NC(=O)NC(C(=O)O)C(C)(C)C)cc1. The lowest BCUT2D eigenvalue weighted by Gasteiger charge is -2.27. The zero-order valence-electron chi connectivity index (χ0n) is 12.4. The van der Waals surface area contributed by atoms with Gasteiger partial charge >= 0.3 is 12.0 Å². The van der Waals surface area contributed by atoms with Gasteiger partial charge in [0.2, 0.25) is 0 Å². The fourth-order valence-corrected chi connectivity index (χ4v) is 1.77. The van der Waals surface area contributed by atoms with Crippen molar-refractivity contribution < 1.29 is 14.7 Å². The van der Waals surface area contributed by atoms with Gasteiger partial charge in [0.25, 0.3) is 0 Å². The summed E-state index contributed by atoms with van der Waals surface area (Å²) in [5.41, 5.74) is 1.25. The van der Waals surface area contributed by atoms with E-state index < -0.39 is 23.5 Å². The standard InChI is InChI=1S/C15H22N2O3/c1-5-10-6-8-11(9-7-10)16-14(20)17-12(13(18)19)15(2,3)4/h6-9,12H,5H2,1-4H3,(H,18,19)(H2,16,17,20). The molecule has 0 aliphatic carbocycles. The minimum atomic E-state index is -1.05. The van der Waals surface area contributed by atoms with Gasteiger partial charge < -0.3 is 15.7 Å². The average Bonchev–Trinajstić information content (AvgIpc) is 2.35. The number of rotatable bonds is 4. The molecular weight excluding hydrogens is 256 g/mol. The number of hydrogen-bond donors (Lipinski definition) is 3. The Morgan fingerprint density at radius 2 is 1.75 bits per heavy atom. The summed E-state index contributed by atoms with van der Waals surface area (Å²) in [6, 6.07) is 5.98. The van der Waals surface area contributed by atoms with Crippen LogP contribution < -0.4 is 10.6 Å². The van der Waals surface area contributed by atoms with Crippen LogP contribution >= 0.6 is 0 Å². The molecule has 3 N–H and O–H groups in total. The number of anilines is 1. The number of hydrogen-bond acceptors (Lipinski definition) is 2. The molecule has 1 aromatic rings. The van der Waals surface area contributed by atoms with Gasteiger partial charge in [0, 0.05) is 5.69 Å². The predicted octanol–water partition coefficient (Wildman–Crippen LogP) is 2.87. The summed E-state index contributed by atoms with van der Waals surface area (Å²) in [6.07, 6.45) is 0.928. The molecule has 0 aliphatic rings. The third-order valence-corrected chi connectivity index (χ3v) is 3.01. The zero-order chi connectivity index (χ0) is 15.3. The molecule has 2 amide bonds. The van der Waals surface area contributed by atoms with Gasteiger partial charge in [-0.1, -0.05) is 39.8 Å². The molecule has 20 heavy (non-hydrogen) atoms. The van der Waals surface area contributed by atoms with Crippen LogP contribution in [0.25, 0.3) is 0 Å². The Bertz CT molecular complexity index is 475. The molecule has 0 spiro atoms. The van der Waals surface area contributed by atoms with E-state index in [9.17, 15) is 9.59 Å². The van der Waals surface area contributed by atoms with Crippen molar-refractivity contribution >= 4 is 17.7 Å². The van der Waals surface area contributed by atoms with Crippen LogP contribution in [0.15, 0.2) is 24.3 Å².